The number of aryl methyl sites for hydroxylation is 1. The lowest BCUT2D eigenvalue weighted by Gasteiger charge is -2.13. The standard InChI is InChI=1S/C25H18F7N5O2S/c26-13-5-3-11(4-6-13)14-9-16(24(27,28)29)34-23-19(14)20(21(40-23)22(33)39)35-18(38)7-8-37-15(12-1-2-12)10-17(36-37)25(30,31)32/h3-6,9-10,12H,1-2,7-8H2,(H2,33,39)(H,35,38). The third kappa shape index (κ3) is 5.50. The number of primary amides is 1. The van der Waals surface area contributed by atoms with Crippen LogP contribution in [0.15, 0.2) is 36.4 Å². The van der Waals surface area contributed by atoms with Gasteiger partial charge in [0, 0.05) is 30.0 Å². The minimum Gasteiger partial charge on any atom is -0.365 e. The van der Waals surface area contributed by atoms with Gasteiger partial charge >= 0.3 is 12.4 Å². The molecular formula is C25H18F7N5O2S. The smallest absolute Gasteiger partial charge is 0.365 e. The molecule has 1 saturated carbocycles. The number of alkyl halides is 6. The van der Waals surface area contributed by atoms with Crippen LogP contribution in [0.1, 0.15) is 51.9 Å². The molecule has 7 nitrogen and oxygen atoms in total. The summed E-state index contributed by atoms with van der Waals surface area (Å²) in [6, 6.07) is 6.19. The van der Waals surface area contributed by atoms with Gasteiger partial charge in [-0.3, -0.25) is 14.3 Å². The van der Waals surface area contributed by atoms with Crippen molar-refractivity contribution in [3.05, 3.63) is 64.2 Å². The third-order valence-electron chi connectivity index (χ3n) is 6.24. The molecule has 0 unspecified atom stereocenters. The Morgan fingerprint density at radius 2 is 1.68 bits per heavy atom. The lowest BCUT2D eigenvalue weighted by molar-refractivity contribution is -0.142. The van der Waals surface area contributed by atoms with Crippen molar-refractivity contribution >= 4 is 39.1 Å². The molecule has 0 radical (unpaired) electrons. The van der Waals surface area contributed by atoms with Gasteiger partial charge in [-0.2, -0.15) is 31.4 Å². The Morgan fingerprint density at radius 1 is 1.02 bits per heavy atom. The van der Waals surface area contributed by atoms with Crippen molar-refractivity contribution in [3.63, 3.8) is 0 Å². The molecule has 40 heavy (non-hydrogen) atoms. The molecule has 1 fully saturated rings. The van der Waals surface area contributed by atoms with Gasteiger partial charge < -0.3 is 11.1 Å². The first-order valence-corrected chi connectivity index (χ1v) is 12.6. The molecule has 3 aromatic heterocycles. The zero-order valence-corrected chi connectivity index (χ0v) is 21.0. The van der Waals surface area contributed by atoms with Crippen LogP contribution in [0.3, 0.4) is 0 Å². The van der Waals surface area contributed by atoms with Crippen LogP contribution in [0, 0.1) is 5.82 Å². The number of halogens is 7. The fourth-order valence-corrected chi connectivity index (χ4v) is 5.27. The quantitative estimate of drug-likeness (QED) is 0.247. The Morgan fingerprint density at radius 3 is 2.25 bits per heavy atom. The minimum absolute atomic E-state index is 0.0242. The van der Waals surface area contributed by atoms with E-state index >= 15 is 0 Å². The Balaban J connectivity index is 1.52. The van der Waals surface area contributed by atoms with E-state index in [-0.39, 0.29) is 50.8 Å². The molecule has 1 aliphatic carbocycles. The first-order chi connectivity index (χ1) is 18.7. The number of nitrogens with two attached hydrogens (primary N) is 1. The fraction of sp³-hybridized carbons (Fsp3) is 0.280. The van der Waals surface area contributed by atoms with E-state index in [0.29, 0.717) is 35.9 Å². The molecule has 3 N–H and O–H groups in total. The van der Waals surface area contributed by atoms with Gasteiger partial charge in [0.05, 0.1) is 5.69 Å². The molecule has 4 aromatic rings. The van der Waals surface area contributed by atoms with E-state index in [4.69, 9.17) is 5.73 Å². The highest BCUT2D eigenvalue weighted by molar-refractivity contribution is 7.21. The van der Waals surface area contributed by atoms with E-state index in [9.17, 15) is 40.3 Å². The van der Waals surface area contributed by atoms with Gasteiger partial charge in [0.15, 0.2) is 5.69 Å². The highest BCUT2D eigenvalue weighted by Crippen LogP contribution is 2.44. The predicted molar refractivity (Wildman–Crippen MR) is 131 cm³/mol. The topological polar surface area (TPSA) is 103 Å². The highest BCUT2D eigenvalue weighted by atomic mass is 32.1. The fourth-order valence-electron chi connectivity index (χ4n) is 4.26. The zero-order valence-electron chi connectivity index (χ0n) is 20.2. The summed E-state index contributed by atoms with van der Waals surface area (Å²) < 4.78 is 95.1. The number of carbonyl (C=O) groups excluding carboxylic acids is 2. The van der Waals surface area contributed by atoms with Crippen LogP contribution in [-0.2, 0) is 23.7 Å². The Hall–Kier alpha value is -4.01. The number of amides is 2. The summed E-state index contributed by atoms with van der Waals surface area (Å²) in [6.07, 6.45) is -8.51. The van der Waals surface area contributed by atoms with Gasteiger partial charge in [0.25, 0.3) is 5.91 Å². The van der Waals surface area contributed by atoms with E-state index in [1.807, 2.05) is 0 Å². The van der Waals surface area contributed by atoms with E-state index in [0.717, 1.165) is 22.9 Å². The molecule has 0 atom stereocenters. The molecule has 0 aliphatic heterocycles. The van der Waals surface area contributed by atoms with Crippen molar-refractivity contribution in [2.75, 3.05) is 5.32 Å². The second-order valence-electron chi connectivity index (χ2n) is 9.16. The molecule has 5 rings (SSSR count). The Bertz CT molecular complexity index is 1620. The van der Waals surface area contributed by atoms with Gasteiger partial charge in [0.1, 0.15) is 21.2 Å². The summed E-state index contributed by atoms with van der Waals surface area (Å²) >= 11 is 0.534. The van der Waals surface area contributed by atoms with Crippen LogP contribution in [0.25, 0.3) is 21.3 Å². The van der Waals surface area contributed by atoms with E-state index in [2.05, 4.69) is 15.4 Å². The second-order valence-corrected chi connectivity index (χ2v) is 10.2. The molecule has 210 valence electrons. The molecule has 1 aromatic carbocycles. The minimum atomic E-state index is -4.86. The van der Waals surface area contributed by atoms with Crippen LogP contribution < -0.4 is 11.1 Å². The number of nitrogens with zero attached hydrogens (tertiary/aromatic N) is 3. The van der Waals surface area contributed by atoms with Crippen LogP contribution in [-0.4, -0.2) is 26.6 Å². The Kier molecular flexibility index (Phi) is 6.80. The number of aromatic nitrogens is 3. The average Bonchev–Trinajstić information content (AvgIpc) is 3.50. The van der Waals surface area contributed by atoms with Crippen molar-refractivity contribution in [2.24, 2.45) is 5.73 Å². The number of thiophene rings is 1. The number of nitrogens with one attached hydrogen (secondary N) is 1. The van der Waals surface area contributed by atoms with E-state index < -0.39 is 41.4 Å². The van der Waals surface area contributed by atoms with Crippen LogP contribution in [0.4, 0.5) is 36.4 Å². The molecule has 1 aliphatic rings. The number of hydrogen-bond donors (Lipinski definition) is 2. The van der Waals surface area contributed by atoms with E-state index in [1.165, 1.54) is 12.1 Å². The number of pyridine rings is 1. The number of benzene rings is 1. The predicted octanol–water partition coefficient (Wildman–Crippen LogP) is 6.34. The van der Waals surface area contributed by atoms with Gasteiger partial charge in [-0.1, -0.05) is 12.1 Å². The van der Waals surface area contributed by atoms with Crippen molar-refractivity contribution in [3.8, 4) is 11.1 Å². The molecule has 0 bridgehead atoms. The number of hydrogen-bond acceptors (Lipinski definition) is 5. The van der Waals surface area contributed by atoms with Gasteiger partial charge in [0.2, 0.25) is 5.91 Å². The molecule has 3 heterocycles. The highest BCUT2D eigenvalue weighted by Gasteiger charge is 2.38. The largest absolute Gasteiger partial charge is 0.435 e. The Labute approximate surface area is 224 Å². The summed E-state index contributed by atoms with van der Waals surface area (Å²) in [5.41, 5.74) is 3.31. The van der Waals surface area contributed by atoms with Crippen molar-refractivity contribution in [2.45, 2.75) is 44.1 Å². The first-order valence-electron chi connectivity index (χ1n) is 11.8. The van der Waals surface area contributed by atoms with Crippen molar-refractivity contribution in [1.29, 1.82) is 0 Å². The normalized spacial score (nSPS) is 14.1. The lowest BCUT2D eigenvalue weighted by atomic mass is 10.0. The monoisotopic (exact) mass is 585 g/mol. The number of carbonyl (C=O) groups is 2. The SMILES string of the molecule is NC(=O)c1sc2nc(C(F)(F)F)cc(-c3ccc(F)cc3)c2c1NC(=O)CCn1nc(C(F)(F)F)cc1C1CC1. The number of rotatable bonds is 7. The third-order valence-corrected chi connectivity index (χ3v) is 7.34. The second kappa shape index (κ2) is 9.87. The summed E-state index contributed by atoms with van der Waals surface area (Å²) in [5.74, 6) is -2.53. The zero-order chi connectivity index (χ0) is 29.0. The molecule has 0 saturated heterocycles. The summed E-state index contributed by atoms with van der Waals surface area (Å²) in [5, 5.41) is 6.05. The van der Waals surface area contributed by atoms with Crippen molar-refractivity contribution < 1.29 is 40.3 Å². The van der Waals surface area contributed by atoms with Gasteiger partial charge in [-0.05, 0) is 48.2 Å². The maximum atomic E-state index is 13.6. The van der Waals surface area contributed by atoms with Crippen LogP contribution in [0.2, 0.25) is 0 Å². The van der Waals surface area contributed by atoms with Gasteiger partial charge in [-0.15, -0.1) is 11.3 Å². The number of fused-ring (bicyclic) bond motifs is 1. The van der Waals surface area contributed by atoms with Gasteiger partial charge in [-0.25, -0.2) is 9.37 Å². The molecule has 2 amide bonds. The number of anilines is 1. The summed E-state index contributed by atoms with van der Waals surface area (Å²) in [6.45, 7) is -0.219. The molecule has 15 heteroatoms. The van der Waals surface area contributed by atoms with E-state index in [1.54, 1.807) is 0 Å². The average molecular weight is 586 g/mol. The molecule has 0 spiro atoms. The molecular weight excluding hydrogens is 567 g/mol. The van der Waals surface area contributed by atoms with Crippen molar-refractivity contribution in [1.82, 2.24) is 14.8 Å². The van der Waals surface area contributed by atoms with Crippen LogP contribution >= 0.6 is 11.3 Å². The van der Waals surface area contributed by atoms with Crippen LogP contribution in [0.5, 0.6) is 0 Å². The maximum absolute atomic E-state index is 13.6. The maximum Gasteiger partial charge on any atom is 0.435 e. The first kappa shape index (κ1) is 27.6. The summed E-state index contributed by atoms with van der Waals surface area (Å²) in [4.78, 5) is 28.2. The lowest BCUT2D eigenvalue weighted by Crippen LogP contribution is -2.19. The summed E-state index contributed by atoms with van der Waals surface area (Å²) in [7, 11) is 0.